The minimum atomic E-state index is -0.837. The fourth-order valence-corrected chi connectivity index (χ4v) is 0.717. The Kier molecular flexibility index (Phi) is 1.38. The second kappa shape index (κ2) is 2.05. The van der Waals surface area contributed by atoms with Crippen LogP contribution in [0.15, 0.2) is 5.10 Å². The van der Waals surface area contributed by atoms with E-state index in [0.717, 1.165) is 5.71 Å². The number of nitrogens with one attached hydrogen (secondary N) is 1. The Hall–Kier alpha value is -1.06. The minimum Gasteiger partial charge on any atom is -0.480 e. The topological polar surface area (TPSA) is 61.7 Å². The fraction of sp³-hybridized carbons (Fsp3) is 0.600. The van der Waals surface area contributed by atoms with Gasteiger partial charge < -0.3 is 5.11 Å². The highest BCUT2D eigenvalue weighted by molar-refractivity contribution is 5.89. The number of rotatable bonds is 1. The van der Waals surface area contributed by atoms with Gasteiger partial charge in [-0.2, -0.15) is 5.10 Å². The maximum absolute atomic E-state index is 10.2. The number of hydrazone groups is 1. The lowest BCUT2D eigenvalue weighted by Gasteiger charge is -1.99. The van der Waals surface area contributed by atoms with E-state index in [2.05, 4.69) is 10.5 Å². The van der Waals surface area contributed by atoms with Gasteiger partial charge in [-0.1, -0.05) is 0 Å². The van der Waals surface area contributed by atoms with Gasteiger partial charge in [0.25, 0.3) is 0 Å². The van der Waals surface area contributed by atoms with Crippen molar-refractivity contribution < 1.29 is 9.90 Å². The highest BCUT2D eigenvalue weighted by Crippen LogP contribution is 2.01. The van der Waals surface area contributed by atoms with Crippen molar-refractivity contribution in [2.24, 2.45) is 5.10 Å². The zero-order chi connectivity index (χ0) is 6.85. The Morgan fingerprint density at radius 1 is 2.00 bits per heavy atom. The molecule has 1 heterocycles. The molecule has 0 fully saturated rings. The van der Waals surface area contributed by atoms with Gasteiger partial charge in [-0.3, -0.25) is 5.43 Å². The SMILES string of the molecule is CC1=NNC(C(=O)O)C1. The molecule has 0 aromatic heterocycles. The molecule has 1 atom stereocenters. The van der Waals surface area contributed by atoms with Gasteiger partial charge in [-0.05, 0) is 6.92 Å². The van der Waals surface area contributed by atoms with Gasteiger partial charge in [0.2, 0.25) is 0 Å². The molecule has 50 valence electrons. The molecule has 1 aliphatic heterocycles. The number of hydrogen-bond acceptors (Lipinski definition) is 3. The summed E-state index contributed by atoms with van der Waals surface area (Å²) in [7, 11) is 0. The van der Waals surface area contributed by atoms with Crippen molar-refractivity contribution in [1.82, 2.24) is 5.43 Å². The van der Waals surface area contributed by atoms with Crippen LogP contribution in [-0.4, -0.2) is 22.8 Å². The van der Waals surface area contributed by atoms with Crippen molar-refractivity contribution in [3.8, 4) is 0 Å². The van der Waals surface area contributed by atoms with Crippen molar-refractivity contribution in [3.63, 3.8) is 0 Å². The van der Waals surface area contributed by atoms with E-state index < -0.39 is 12.0 Å². The molecule has 0 amide bonds. The van der Waals surface area contributed by atoms with E-state index in [0.29, 0.717) is 6.42 Å². The van der Waals surface area contributed by atoms with Crippen LogP contribution >= 0.6 is 0 Å². The molecule has 2 N–H and O–H groups in total. The lowest BCUT2D eigenvalue weighted by Crippen LogP contribution is -2.29. The van der Waals surface area contributed by atoms with Crippen molar-refractivity contribution in [2.75, 3.05) is 0 Å². The molecule has 0 spiro atoms. The van der Waals surface area contributed by atoms with E-state index >= 15 is 0 Å². The summed E-state index contributed by atoms with van der Waals surface area (Å²) in [5, 5.41) is 12.1. The van der Waals surface area contributed by atoms with Crippen LogP contribution in [0, 0.1) is 0 Å². The summed E-state index contributed by atoms with van der Waals surface area (Å²) in [6, 6.07) is -0.495. The Balaban J connectivity index is 2.47. The normalized spacial score (nSPS) is 25.0. The van der Waals surface area contributed by atoms with E-state index in [4.69, 9.17) is 5.11 Å². The summed E-state index contributed by atoms with van der Waals surface area (Å²) in [4.78, 5) is 10.2. The zero-order valence-electron chi connectivity index (χ0n) is 5.09. The first-order valence-corrected chi connectivity index (χ1v) is 2.71. The van der Waals surface area contributed by atoms with Gasteiger partial charge in [0, 0.05) is 12.1 Å². The third-order valence-corrected chi connectivity index (χ3v) is 1.21. The summed E-state index contributed by atoms with van der Waals surface area (Å²) in [5.41, 5.74) is 3.34. The van der Waals surface area contributed by atoms with Gasteiger partial charge in [-0.15, -0.1) is 0 Å². The summed E-state index contributed by atoms with van der Waals surface area (Å²) in [5.74, 6) is -0.837. The van der Waals surface area contributed by atoms with Crippen LogP contribution in [0.3, 0.4) is 0 Å². The van der Waals surface area contributed by atoms with E-state index in [1.165, 1.54) is 0 Å². The fourth-order valence-electron chi connectivity index (χ4n) is 0.717. The molecule has 0 radical (unpaired) electrons. The Labute approximate surface area is 52.6 Å². The molecular formula is C5H8N2O2. The van der Waals surface area contributed by atoms with Crippen molar-refractivity contribution in [1.29, 1.82) is 0 Å². The zero-order valence-corrected chi connectivity index (χ0v) is 5.09. The van der Waals surface area contributed by atoms with Gasteiger partial charge in [0.15, 0.2) is 0 Å². The number of carboxylic acids is 1. The quantitative estimate of drug-likeness (QED) is 0.514. The lowest BCUT2D eigenvalue weighted by atomic mass is 10.2. The molecule has 4 nitrogen and oxygen atoms in total. The van der Waals surface area contributed by atoms with Crippen molar-refractivity contribution in [2.45, 2.75) is 19.4 Å². The van der Waals surface area contributed by atoms with Crippen LogP contribution in [0.2, 0.25) is 0 Å². The van der Waals surface area contributed by atoms with Crippen LogP contribution in [0.5, 0.6) is 0 Å². The summed E-state index contributed by atoms with van der Waals surface area (Å²) < 4.78 is 0. The summed E-state index contributed by atoms with van der Waals surface area (Å²) >= 11 is 0. The molecular weight excluding hydrogens is 120 g/mol. The Morgan fingerprint density at radius 2 is 2.67 bits per heavy atom. The second-order valence-corrected chi connectivity index (χ2v) is 2.07. The van der Waals surface area contributed by atoms with Crippen LogP contribution < -0.4 is 5.43 Å². The monoisotopic (exact) mass is 128 g/mol. The molecule has 0 aromatic rings. The summed E-state index contributed by atoms with van der Waals surface area (Å²) in [6.45, 7) is 1.80. The van der Waals surface area contributed by atoms with Gasteiger partial charge >= 0.3 is 5.97 Å². The lowest BCUT2D eigenvalue weighted by molar-refractivity contribution is -0.139. The molecule has 1 unspecified atom stereocenters. The average molecular weight is 128 g/mol. The van der Waals surface area contributed by atoms with Gasteiger partial charge in [0.1, 0.15) is 6.04 Å². The largest absolute Gasteiger partial charge is 0.480 e. The van der Waals surface area contributed by atoms with Crippen molar-refractivity contribution in [3.05, 3.63) is 0 Å². The van der Waals surface area contributed by atoms with Crippen LogP contribution in [0.25, 0.3) is 0 Å². The number of aliphatic carboxylic acids is 1. The van der Waals surface area contributed by atoms with Crippen LogP contribution in [-0.2, 0) is 4.79 Å². The molecule has 0 saturated heterocycles. The van der Waals surface area contributed by atoms with E-state index in [9.17, 15) is 4.79 Å². The first-order chi connectivity index (χ1) is 4.20. The van der Waals surface area contributed by atoms with Crippen LogP contribution in [0.1, 0.15) is 13.3 Å². The predicted octanol–water partition coefficient (Wildman–Crippen LogP) is -0.191. The van der Waals surface area contributed by atoms with Crippen molar-refractivity contribution >= 4 is 11.7 Å². The first-order valence-electron chi connectivity index (χ1n) is 2.71. The first kappa shape index (κ1) is 6.07. The Bertz CT molecular complexity index is 164. The highest BCUT2D eigenvalue weighted by atomic mass is 16.4. The smallest absolute Gasteiger partial charge is 0.328 e. The standard InChI is InChI=1S/C5H8N2O2/c1-3-2-4(5(8)9)7-6-3/h4,7H,2H2,1H3,(H,8,9). The molecule has 0 bridgehead atoms. The number of carboxylic acid groups (broad SMARTS) is 1. The van der Waals surface area contributed by atoms with E-state index in [1.807, 2.05) is 0 Å². The third-order valence-electron chi connectivity index (χ3n) is 1.21. The number of carbonyl (C=O) groups is 1. The average Bonchev–Trinajstić information content (AvgIpc) is 2.14. The molecule has 9 heavy (non-hydrogen) atoms. The molecule has 0 aromatic carbocycles. The van der Waals surface area contributed by atoms with Crippen LogP contribution in [0.4, 0.5) is 0 Å². The maximum Gasteiger partial charge on any atom is 0.328 e. The molecule has 1 aliphatic rings. The molecule has 0 saturated carbocycles. The molecule has 1 rings (SSSR count). The van der Waals surface area contributed by atoms with Gasteiger partial charge in [0.05, 0.1) is 0 Å². The summed E-state index contributed by atoms with van der Waals surface area (Å²) in [6.07, 6.45) is 0.523. The van der Waals surface area contributed by atoms with Gasteiger partial charge in [-0.25, -0.2) is 4.79 Å². The second-order valence-electron chi connectivity index (χ2n) is 2.07. The minimum absolute atomic E-state index is 0.495. The highest BCUT2D eigenvalue weighted by Gasteiger charge is 2.21. The maximum atomic E-state index is 10.2. The van der Waals surface area contributed by atoms with E-state index in [-0.39, 0.29) is 0 Å². The molecule has 4 heteroatoms. The third kappa shape index (κ3) is 1.19. The number of hydrogen-bond donors (Lipinski definition) is 2. The molecule has 0 aliphatic carbocycles. The predicted molar refractivity (Wildman–Crippen MR) is 32.3 cm³/mol. The van der Waals surface area contributed by atoms with E-state index in [1.54, 1.807) is 6.92 Å². The number of nitrogens with zero attached hydrogens (tertiary/aromatic N) is 1. The Morgan fingerprint density at radius 3 is 2.89 bits per heavy atom.